The van der Waals surface area contributed by atoms with Gasteiger partial charge in [-0.2, -0.15) is 5.26 Å². The van der Waals surface area contributed by atoms with E-state index in [1.807, 2.05) is 13.0 Å². The first-order chi connectivity index (χ1) is 21.3. The van der Waals surface area contributed by atoms with Crippen LogP contribution in [-0.2, 0) is 22.6 Å². The average Bonchev–Trinajstić information content (AvgIpc) is 3.05. The van der Waals surface area contributed by atoms with Gasteiger partial charge in [-0.3, -0.25) is 9.36 Å². The number of anilines is 1. The molecule has 0 amide bonds. The van der Waals surface area contributed by atoms with Gasteiger partial charge in [0.2, 0.25) is 0 Å². The molecule has 1 atom stereocenters. The van der Waals surface area contributed by atoms with Crippen LogP contribution in [-0.4, -0.2) is 52.3 Å². The van der Waals surface area contributed by atoms with E-state index in [1.54, 1.807) is 22.8 Å². The number of piperidine rings is 1. The number of benzene rings is 1. The summed E-state index contributed by atoms with van der Waals surface area (Å²) in [6, 6.07) is 10.5. The third-order valence-corrected chi connectivity index (χ3v) is 9.71. The fraction of sp³-hybridized carbons (Fsp3) is 0.529. The van der Waals surface area contributed by atoms with Crippen LogP contribution in [0, 0.1) is 17.2 Å². The number of rotatable bonds is 1. The molecule has 8 bridgehead atoms. The number of allylic oxidation sites excluding steroid dienone is 2. The summed E-state index contributed by atoms with van der Waals surface area (Å²) in [5, 5.41) is 14.4. The van der Waals surface area contributed by atoms with Crippen molar-refractivity contribution in [2.24, 2.45) is 5.92 Å². The second-order valence-corrected chi connectivity index (χ2v) is 12.4. The maximum Gasteiger partial charge on any atom is 0.276 e. The normalized spacial score (nSPS) is 26.3. The van der Waals surface area contributed by atoms with Gasteiger partial charge in [-0.1, -0.05) is 30.4 Å². The van der Waals surface area contributed by atoms with Crippen molar-refractivity contribution in [2.75, 3.05) is 38.2 Å². The quantitative estimate of drug-likeness (QED) is 0.337. The number of nitrogens with zero attached hydrogens (tertiary/aromatic N) is 5. The third kappa shape index (κ3) is 5.87. The number of aryl methyl sites for hydroxylation is 1. The molecular formula is C34H40F2N6O2. The Balaban J connectivity index is 1.44. The van der Waals surface area contributed by atoms with Gasteiger partial charge < -0.3 is 15.0 Å². The topological polar surface area (TPSA) is 96.1 Å². The van der Waals surface area contributed by atoms with Crippen molar-refractivity contribution in [2.45, 2.75) is 75.8 Å². The van der Waals surface area contributed by atoms with Crippen molar-refractivity contribution in [3.63, 3.8) is 0 Å². The lowest BCUT2D eigenvalue weighted by Gasteiger charge is -2.36. The highest BCUT2D eigenvalue weighted by atomic mass is 19.3. The highest BCUT2D eigenvalue weighted by molar-refractivity contribution is 5.87. The van der Waals surface area contributed by atoms with E-state index in [4.69, 9.17) is 4.74 Å². The SMILES string of the molecule is C[C@H]1Nc2ncnc3c2cc(C2(C#N)CCOCC2)c(=O)n3CC/C=C\CCCN2CCC(CC2)C(F)(F)c2cccc1c2. The molecular weight excluding hydrogens is 562 g/mol. The molecule has 4 aliphatic heterocycles. The molecule has 2 aromatic heterocycles. The van der Waals surface area contributed by atoms with Gasteiger partial charge in [0.25, 0.3) is 11.5 Å². The molecule has 232 valence electrons. The molecule has 0 spiro atoms. The van der Waals surface area contributed by atoms with Crippen LogP contribution < -0.4 is 10.9 Å². The van der Waals surface area contributed by atoms with Gasteiger partial charge in [-0.15, -0.1) is 0 Å². The van der Waals surface area contributed by atoms with Crippen molar-refractivity contribution in [1.29, 1.82) is 5.26 Å². The summed E-state index contributed by atoms with van der Waals surface area (Å²) < 4.78 is 38.9. The van der Waals surface area contributed by atoms with Gasteiger partial charge in [-0.25, -0.2) is 18.7 Å². The van der Waals surface area contributed by atoms with Gasteiger partial charge >= 0.3 is 0 Å². The Morgan fingerprint density at radius 3 is 2.59 bits per heavy atom. The van der Waals surface area contributed by atoms with Crippen molar-refractivity contribution in [3.05, 3.63) is 75.9 Å². The average molecular weight is 603 g/mol. The van der Waals surface area contributed by atoms with Crippen molar-refractivity contribution < 1.29 is 13.5 Å². The molecule has 10 heteroatoms. The van der Waals surface area contributed by atoms with Crippen LogP contribution in [0.3, 0.4) is 0 Å². The van der Waals surface area contributed by atoms with Crippen LogP contribution in [0.4, 0.5) is 14.6 Å². The van der Waals surface area contributed by atoms with Crippen molar-refractivity contribution in [3.8, 4) is 6.07 Å². The van der Waals surface area contributed by atoms with E-state index in [2.05, 4.69) is 38.4 Å². The number of aromatic nitrogens is 3. The first-order valence-corrected chi connectivity index (χ1v) is 15.8. The molecule has 1 aromatic carbocycles. The number of nitrogens with one attached hydrogen (secondary N) is 1. The van der Waals surface area contributed by atoms with Gasteiger partial charge in [0.1, 0.15) is 17.8 Å². The predicted octanol–water partition coefficient (Wildman–Crippen LogP) is 6.08. The summed E-state index contributed by atoms with van der Waals surface area (Å²) in [6.07, 6.45) is 9.91. The summed E-state index contributed by atoms with van der Waals surface area (Å²) in [6.45, 7) is 5.38. The number of pyridine rings is 1. The lowest BCUT2D eigenvalue weighted by molar-refractivity contribution is -0.0855. The number of halogens is 2. The first kappa shape index (κ1) is 30.4. The Kier molecular flexibility index (Phi) is 8.79. The summed E-state index contributed by atoms with van der Waals surface area (Å²) in [4.78, 5) is 25.4. The molecule has 1 N–H and O–H groups in total. The molecule has 0 aliphatic carbocycles. The van der Waals surface area contributed by atoms with E-state index >= 15 is 8.78 Å². The molecule has 0 radical (unpaired) electrons. The van der Waals surface area contributed by atoms with Crippen LogP contribution in [0.15, 0.2) is 53.6 Å². The number of hydrogen-bond donors (Lipinski definition) is 1. The lowest BCUT2D eigenvalue weighted by Crippen LogP contribution is -2.40. The molecule has 0 saturated carbocycles. The number of alkyl halides is 2. The number of nitriles is 1. The molecule has 8 nitrogen and oxygen atoms in total. The zero-order valence-corrected chi connectivity index (χ0v) is 25.3. The Labute approximate surface area is 256 Å². The van der Waals surface area contributed by atoms with E-state index in [1.165, 1.54) is 12.4 Å². The number of hydrogen-bond acceptors (Lipinski definition) is 7. The van der Waals surface area contributed by atoms with Crippen LogP contribution in [0.25, 0.3) is 11.0 Å². The summed E-state index contributed by atoms with van der Waals surface area (Å²) in [5.74, 6) is -3.13. The Morgan fingerprint density at radius 1 is 1.05 bits per heavy atom. The maximum atomic E-state index is 15.8. The standard InChI is InChI=1S/C34H40F2N6O2/c1-24-25-8-7-9-27(20-25)34(35,36)26-10-16-41(17-11-26)14-5-3-2-4-6-15-42-31-28(30(40-24)38-23-39-31)21-29(32(42)43)33(22-37)12-18-44-19-13-33/h2,4,7-9,20-21,23-24,26H,3,5-6,10-19H2,1H3,(H,38,39,40)/b4-2-/t24-/m1/s1. The molecule has 2 fully saturated rings. The Morgan fingerprint density at radius 2 is 1.82 bits per heavy atom. The predicted molar refractivity (Wildman–Crippen MR) is 166 cm³/mol. The minimum Gasteiger partial charge on any atom is -0.381 e. The Hall–Kier alpha value is -3.68. The largest absolute Gasteiger partial charge is 0.381 e. The fourth-order valence-electron chi connectivity index (χ4n) is 6.94. The zero-order valence-electron chi connectivity index (χ0n) is 25.3. The minimum atomic E-state index is -2.93. The van der Waals surface area contributed by atoms with Crippen molar-refractivity contribution in [1.82, 2.24) is 19.4 Å². The van der Waals surface area contributed by atoms with Crippen LogP contribution in [0.2, 0.25) is 0 Å². The molecule has 3 aromatic rings. The van der Waals surface area contributed by atoms with Crippen LogP contribution in [0.1, 0.15) is 74.6 Å². The first-order valence-electron chi connectivity index (χ1n) is 15.8. The third-order valence-electron chi connectivity index (χ3n) is 9.71. The summed E-state index contributed by atoms with van der Waals surface area (Å²) >= 11 is 0. The van der Waals surface area contributed by atoms with Crippen LogP contribution in [0.5, 0.6) is 0 Å². The smallest absolute Gasteiger partial charge is 0.276 e. The highest BCUT2D eigenvalue weighted by Crippen LogP contribution is 2.42. The maximum absolute atomic E-state index is 15.8. The summed E-state index contributed by atoms with van der Waals surface area (Å²) in [5.41, 5.74) is 0.471. The lowest BCUT2D eigenvalue weighted by atomic mass is 9.75. The molecule has 6 heterocycles. The molecule has 7 rings (SSSR count). The van der Waals surface area contributed by atoms with E-state index in [0.717, 1.165) is 19.4 Å². The van der Waals surface area contributed by atoms with Crippen molar-refractivity contribution >= 4 is 16.9 Å². The zero-order chi connectivity index (χ0) is 30.7. The second-order valence-electron chi connectivity index (χ2n) is 12.4. The van der Waals surface area contributed by atoms with E-state index in [9.17, 15) is 10.1 Å². The van der Waals surface area contributed by atoms with Gasteiger partial charge in [0.15, 0.2) is 0 Å². The number of ether oxygens (including phenoxy) is 1. The van der Waals surface area contributed by atoms with Gasteiger partial charge in [-0.05, 0) is 89.2 Å². The van der Waals surface area contributed by atoms with Gasteiger partial charge in [0, 0.05) is 42.8 Å². The molecule has 0 unspecified atom stereocenters. The second kappa shape index (κ2) is 12.7. The summed E-state index contributed by atoms with van der Waals surface area (Å²) in [7, 11) is 0. The van der Waals surface area contributed by atoms with E-state index < -0.39 is 17.3 Å². The van der Waals surface area contributed by atoms with Gasteiger partial charge in [0.05, 0.1) is 16.9 Å². The Bertz CT molecular complexity index is 1620. The molecule has 2 saturated heterocycles. The fourth-order valence-corrected chi connectivity index (χ4v) is 6.94. The monoisotopic (exact) mass is 602 g/mol. The van der Waals surface area contributed by atoms with E-state index in [0.29, 0.717) is 92.9 Å². The molecule has 44 heavy (non-hydrogen) atoms. The minimum absolute atomic E-state index is 0.0391. The number of fused-ring (bicyclic) bond motifs is 8. The van der Waals surface area contributed by atoms with Crippen LogP contribution >= 0.6 is 0 Å². The van der Waals surface area contributed by atoms with E-state index in [-0.39, 0.29) is 17.2 Å². The molecule has 4 aliphatic rings. The highest BCUT2D eigenvalue weighted by Gasteiger charge is 2.43.